The molecule has 0 aliphatic carbocycles. The van der Waals surface area contributed by atoms with Crippen molar-refractivity contribution in [1.29, 1.82) is 0 Å². The number of nitrogens with zero attached hydrogens (tertiary/aromatic N) is 4. The average Bonchev–Trinajstić information content (AvgIpc) is 2.89. The summed E-state index contributed by atoms with van der Waals surface area (Å²) in [7, 11) is 2.60. The zero-order valence-corrected chi connectivity index (χ0v) is 17.4. The molecular weight excluding hydrogens is 368 g/mol. The molecule has 1 heterocycles. The van der Waals surface area contributed by atoms with E-state index in [0.717, 1.165) is 9.87 Å². The lowest BCUT2D eigenvalue weighted by Gasteiger charge is -2.19. The molecule has 0 aliphatic rings. The number of hydrogen-bond acceptors (Lipinski definition) is 5. The summed E-state index contributed by atoms with van der Waals surface area (Å²) >= 11 is 0. The summed E-state index contributed by atoms with van der Waals surface area (Å²) in [4.78, 5) is 14.3. The number of rotatable bonds is 7. The number of methoxy groups -OCH3 is 1. The zero-order valence-electron chi connectivity index (χ0n) is 16.6. The first-order valence-electron chi connectivity index (χ1n) is 8.42. The molecule has 2 rings (SSSR count). The Morgan fingerprint density at radius 1 is 1.19 bits per heavy atom. The smallest absolute Gasteiger partial charge is 0.246 e. The predicted octanol–water partition coefficient (Wildman–Crippen LogP) is 1.42. The van der Waals surface area contributed by atoms with Crippen molar-refractivity contribution in [3.05, 3.63) is 41.2 Å². The average molecular weight is 394 g/mol. The van der Waals surface area contributed by atoms with Crippen LogP contribution in [0.3, 0.4) is 0 Å². The van der Waals surface area contributed by atoms with Gasteiger partial charge < -0.3 is 9.64 Å². The Balaban J connectivity index is 2.21. The molecule has 2 aromatic rings. The summed E-state index contributed by atoms with van der Waals surface area (Å²) in [5.41, 5.74) is 1.71. The molecule has 0 radical (unpaired) electrons. The second kappa shape index (κ2) is 8.10. The molecular formula is C18H26N4O4S. The van der Waals surface area contributed by atoms with Crippen molar-refractivity contribution < 1.29 is 17.9 Å². The molecule has 0 atom stereocenters. The highest BCUT2D eigenvalue weighted by Gasteiger charge is 2.27. The molecule has 9 heteroatoms. The van der Waals surface area contributed by atoms with E-state index in [1.807, 2.05) is 24.3 Å². The number of sulfonamides is 1. The monoisotopic (exact) mass is 394 g/mol. The number of aryl methyl sites for hydroxylation is 1. The minimum atomic E-state index is -3.62. The molecule has 0 N–H and O–H groups in total. The van der Waals surface area contributed by atoms with E-state index in [4.69, 9.17) is 4.74 Å². The van der Waals surface area contributed by atoms with Crippen molar-refractivity contribution in [2.45, 2.75) is 31.8 Å². The maximum atomic E-state index is 12.6. The topological polar surface area (TPSA) is 84.7 Å². The number of aromatic nitrogens is 2. The molecule has 0 fully saturated rings. The lowest BCUT2D eigenvalue weighted by molar-refractivity contribution is -0.131. The van der Waals surface area contributed by atoms with E-state index in [-0.39, 0.29) is 17.3 Å². The third-order valence-corrected chi connectivity index (χ3v) is 6.43. The Bertz CT molecular complexity index is 935. The summed E-state index contributed by atoms with van der Waals surface area (Å²) in [6.45, 7) is 3.62. The van der Waals surface area contributed by atoms with Crippen LogP contribution in [0.5, 0.6) is 5.75 Å². The summed E-state index contributed by atoms with van der Waals surface area (Å²) in [6, 6.07) is 7.49. The number of ether oxygens (including phenoxy) is 1. The molecule has 0 unspecified atom stereocenters. The van der Waals surface area contributed by atoms with Crippen LogP contribution in [-0.2, 0) is 27.9 Å². The van der Waals surface area contributed by atoms with Crippen molar-refractivity contribution >= 4 is 15.9 Å². The van der Waals surface area contributed by atoms with E-state index in [2.05, 4.69) is 5.10 Å². The maximum absolute atomic E-state index is 12.6. The lowest BCUT2D eigenvalue weighted by atomic mass is 10.2. The van der Waals surface area contributed by atoms with Gasteiger partial charge >= 0.3 is 0 Å². The van der Waals surface area contributed by atoms with Crippen LogP contribution in [0.15, 0.2) is 29.2 Å². The SMILES string of the molecule is COc1ccccc1CN(C)C(=O)Cn1nc(C)c(S(=O)(=O)N(C)C)c1C. The quantitative estimate of drug-likeness (QED) is 0.709. The second-order valence-electron chi connectivity index (χ2n) is 6.51. The number of carbonyl (C=O) groups excluding carboxylic acids is 1. The summed E-state index contributed by atoms with van der Waals surface area (Å²) in [5.74, 6) is 0.530. The van der Waals surface area contributed by atoms with E-state index in [1.165, 1.54) is 18.8 Å². The third-order valence-electron chi connectivity index (χ3n) is 4.36. The highest BCUT2D eigenvalue weighted by molar-refractivity contribution is 7.89. The van der Waals surface area contributed by atoms with Crippen LogP contribution < -0.4 is 4.74 Å². The molecule has 0 saturated carbocycles. The van der Waals surface area contributed by atoms with Crippen molar-refractivity contribution in [2.24, 2.45) is 0 Å². The second-order valence-corrected chi connectivity index (χ2v) is 8.60. The largest absolute Gasteiger partial charge is 0.496 e. The molecule has 0 spiro atoms. The summed E-state index contributed by atoms with van der Waals surface area (Å²) < 4.78 is 32.9. The Hall–Kier alpha value is -2.39. The van der Waals surface area contributed by atoms with Crippen molar-refractivity contribution in [3.63, 3.8) is 0 Å². The van der Waals surface area contributed by atoms with Crippen molar-refractivity contribution in [1.82, 2.24) is 19.0 Å². The summed E-state index contributed by atoms with van der Waals surface area (Å²) in [5, 5.41) is 4.26. The van der Waals surface area contributed by atoms with E-state index >= 15 is 0 Å². The van der Waals surface area contributed by atoms with Gasteiger partial charge in [0.05, 0.1) is 18.5 Å². The molecule has 0 aliphatic heterocycles. The minimum absolute atomic E-state index is 0.0404. The van der Waals surface area contributed by atoms with Crippen LogP contribution in [0.25, 0.3) is 0 Å². The molecule has 0 saturated heterocycles. The number of hydrogen-bond donors (Lipinski definition) is 0. The van der Waals surface area contributed by atoms with Gasteiger partial charge in [0.25, 0.3) is 0 Å². The van der Waals surface area contributed by atoms with Gasteiger partial charge in [-0.2, -0.15) is 5.10 Å². The molecule has 0 bridgehead atoms. The first-order chi connectivity index (χ1) is 12.6. The normalized spacial score (nSPS) is 11.7. The van der Waals surface area contributed by atoms with Crippen LogP contribution in [0.2, 0.25) is 0 Å². The standard InChI is InChI=1S/C18H26N4O4S/c1-13-18(27(24,25)20(3)4)14(2)22(19-13)12-17(23)21(5)11-15-9-7-8-10-16(15)26-6/h7-10H,11-12H2,1-6H3. The molecule has 27 heavy (non-hydrogen) atoms. The number of carbonyl (C=O) groups is 1. The fourth-order valence-electron chi connectivity index (χ4n) is 2.82. The van der Waals surface area contributed by atoms with Gasteiger partial charge in [-0.15, -0.1) is 0 Å². The maximum Gasteiger partial charge on any atom is 0.246 e. The van der Waals surface area contributed by atoms with Crippen molar-refractivity contribution in [3.8, 4) is 5.75 Å². The van der Waals surface area contributed by atoms with E-state index < -0.39 is 10.0 Å². The van der Waals surface area contributed by atoms with Crippen LogP contribution in [0, 0.1) is 13.8 Å². The van der Waals surface area contributed by atoms with Crippen LogP contribution in [-0.4, -0.2) is 61.6 Å². The molecule has 1 amide bonds. The van der Waals surface area contributed by atoms with E-state index in [9.17, 15) is 13.2 Å². The Morgan fingerprint density at radius 3 is 2.41 bits per heavy atom. The molecule has 1 aromatic carbocycles. The first kappa shape index (κ1) is 20.9. The summed E-state index contributed by atoms with van der Waals surface area (Å²) in [6.07, 6.45) is 0. The molecule has 1 aromatic heterocycles. The van der Waals surface area contributed by atoms with Gasteiger partial charge in [0.1, 0.15) is 17.2 Å². The Kier molecular flexibility index (Phi) is 6.27. The molecule has 148 valence electrons. The van der Waals surface area contributed by atoms with Crippen molar-refractivity contribution in [2.75, 3.05) is 28.3 Å². The van der Waals surface area contributed by atoms with E-state index in [0.29, 0.717) is 23.7 Å². The van der Waals surface area contributed by atoms with Crippen LogP contribution in [0.1, 0.15) is 17.0 Å². The van der Waals surface area contributed by atoms with Gasteiger partial charge in [0.15, 0.2) is 0 Å². The third kappa shape index (κ3) is 4.30. The zero-order chi connectivity index (χ0) is 20.4. The fourth-order valence-corrected chi connectivity index (χ4v) is 4.07. The fraction of sp³-hybridized carbons (Fsp3) is 0.444. The first-order valence-corrected chi connectivity index (χ1v) is 9.86. The highest BCUT2D eigenvalue weighted by atomic mass is 32.2. The van der Waals surface area contributed by atoms with Gasteiger partial charge in [-0.1, -0.05) is 18.2 Å². The number of amides is 1. The van der Waals surface area contributed by atoms with Gasteiger partial charge in [-0.05, 0) is 19.9 Å². The number of benzene rings is 1. The number of likely N-dealkylation sites (N-methyl/N-ethyl adjacent to an activating group) is 1. The van der Waals surface area contributed by atoms with Crippen LogP contribution >= 0.6 is 0 Å². The predicted molar refractivity (Wildman–Crippen MR) is 102 cm³/mol. The number of para-hydroxylation sites is 1. The van der Waals surface area contributed by atoms with Crippen LogP contribution in [0.4, 0.5) is 0 Å². The Labute approximate surface area is 160 Å². The molecule has 8 nitrogen and oxygen atoms in total. The lowest BCUT2D eigenvalue weighted by Crippen LogP contribution is -2.30. The Morgan fingerprint density at radius 2 is 1.81 bits per heavy atom. The van der Waals surface area contributed by atoms with Gasteiger partial charge in [0, 0.05) is 33.3 Å². The van der Waals surface area contributed by atoms with Gasteiger partial charge in [0.2, 0.25) is 15.9 Å². The highest BCUT2D eigenvalue weighted by Crippen LogP contribution is 2.22. The minimum Gasteiger partial charge on any atom is -0.496 e. The van der Waals surface area contributed by atoms with E-state index in [1.54, 1.807) is 32.9 Å². The van der Waals surface area contributed by atoms with Gasteiger partial charge in [-0.25, -0.2) is 12.7 Å². The van der Waals surface area contributed by atoms with Gasteiger partial charge in [-0.3, -0.25) is 9.48 Å².